The van der Waals surface area contributed by atoms with Gasteiger partial charge in [-0.05, 0) is 80.8 Å². The van der Waals surface area contributed by atoms with Crippen molar-refractivity contribution in [2.45, 2.75) is 51.5 Å². The minimum absolute atomic E-state index is 0.0145. The second kappa shape index (κ2) is 7.72. The van der Waals surface area contributed by atoms with E-state index in [1.54, 1.807) is 6.07 Å². The molecule has 152 valence electrons. The van der Waals surface area contributed by atoms with Crippen molar-refractivity contribution in [3.8, 4) is 5.75 Å². The molecule has 1 aromatic rings. The van der Waals surface area contributed by atoms with Crippen molar-refractivity contribution in [2.24, 2.45) is 23.2 Å². The fraction of sp³-hybridized carbons (Fsp3) is 0.636. The van der Waals surface area contributed by atoms with Gasteiger partial charge in [0, 0.05) is 6.04 Å². The van der Waals surface area contributed by atoms with E-state index in [0.717, 1.165) is 17.8 Å². The van der Waals surface area contributed by atoms with E-state index in [-0.39, 0.29) is 29.7 Å². The van der Waals surface area contributed by atoms with Gasteiger partial charge in [0.2, 0.25) is 0 Å². The molecule has 4 bridgehead atoms. The Kier molecular flexibility index (Phi) is 5.30. The summed E-state index contributed by atoms with van der Waals surface area (Å²) in [6.45, 7) is 1.32. The molecule has 4 aliphatic rings. The van der Waals surface area contributed by atoms with Crippen LogP contribution in [-0.4, -0.2) is 31.1 Å². The van der Waals surface area contributed by atoms with Crippen molar-refractivity contribution >= 4 is 11.9 Å². The highest BCUT2D eigenvalue weighted by Crippen LogP contribution is 2.61. The minimum atomic E-state index is -0.694. The van der Waals surface area contributed by atoms with Crippen LogP contribution in [-0.2, 0) is 14.3 Å². The minimum Gasteiger partial charge on any atom is -0.479 e. The standard InChI is InChI=1S/C22H28FNO4/c1-14(22-9-15-6-16(10-22)8-17(7-15)11-22)24-20(25)12-28-21(26)13-27-19-5-3-2-4-18(19)23/h2-5,14-17H,6-13H2,1H3,(H,24,25)/t14-,15?,16?,17?,22?/m1/s1. The Morgan fingerprint density at radius 1 is 1.11 bits per heavy atom. The first-order chi connectivity index (χ1) is 13.4. The van der Waals surface area contributed by atoms with Crippen molar-refractivity contribution in [1.29, 1.82) is 0 Å². The number of hydrogen-bond acceptors (Lipinski definition) is 4. The lowest BCUT2D eigenvalue weighted by Gasteiger charge is -2.59. The second-order valence-electron chi connectivity index (χ2n) is 8.95. The number of esters is 1. The maximum absolute atomic E-state index is 13.5. The number of ether oxygens (including phenoxy) is 2. The summed E-state index contributed by atoms with van der Waals surface area (Å²) in [7, 11) is 0. The van der Waals surface area contributed by atoms with E-state index >= 15 is 0 Å². The normalized spacial score (nSPS) is 31.3. The molecule has 0 radical (unpaired) electrons. The van der Waals surface area contributed by atoms with Gasteiger partial charge in [0.15, 0.2) is 24.8 Å². The van der Waals surface area contributed by atoms with Crippen LogP contribution in [0.1, 0.15) is 45.4 Å². The van der Waals surface area contributed by atoms with Gasteiger partial charge in [-0.2, -0.15) is 0 Å². The zero-order chi connectivity index (χ0) is 19.7. The molecule has 6 heteroatoms. The lowest BCUT2D eigenvalue weighted by Crippen LogP contribution is -2.56. The van der Waals surface area contributed by atoms with Gasteiger partial charge < -0.3 is 14.8 Å². The van der Waals surface area contributed by atoms with Gasteiger partial charge >= 0.3 is 5.97 Å². The number of para-hydroxylation sites is 1. The largest absolute Gasteiger partial charge is 0.479 e. The van der Waals surface area contributed by atoms with Crippen LogP contribution in [0.25, 0.3) is 0 Å². The smallest absolute Gasteiger partial charge is 0.344 e. The number of rotatable bonds is 7. The van der Waals surface area contributed by atoms with Crippen LogP contribution in [0.5, 0.6) is 5.75 Å². The van der Waals surface area contributed by atoms with E-state index in [0.29, 0.717) is 0 Å². The molecule has 0 aliphatic heterocycles. The summed E-state index contributed by atoms with van der Waals surface area (Å²) in [5, 5.41) is 3.06. The predicted octanol–water partition coefficient (Wildman–Crippen LogP) is 3.47. The van der Waals surface area contributed by atoms with E-state index in [9.17, 15) is 14.0 Å². The highest BCUT2D eigenvalue weighted by molar-refractivity contribution is 5.81. The molecule has 5 rings (SSSR count). The summed E-state index contributed by atoms with van der Waals surface area (Å²) in [5.41, 5.74) is 0.211. The lowest BCUT2D eigenvalue weighted by molar-refractivity contribution is -0.151. The highest BCUT2D eigenvalue weighted by Gasteiger charge is 2.53. The zero-order valence-corrected chi connectivity index (χ0v) is 16.3. The van der Waals surface area contributed by atoms with Gasteiger partial charge in [0.1, 0.15) is 0 Å². The van der Waals surface area contributed by atoms with E-state index in [1.165, 1.54) is 56.7 Å². The molecule has 4 fully saturated rings. The molecular formula is C22H28FNO4. The average Bonchev–Trinajstić information content (AvgIpc) is 2.64. The van der Waals surface area contributed by atoms with Crippen LogP contribution >= 0.6 is 0 Å². The Bertz CT molecular complexity index is 715. The van der Waals surface area contributed by atoms with Crippen LogP contribution in [0.2, 0.25) is 0 Å². The number of halogens is 1. The van der Waals surface area contributed by atoms with E-state index in [2.05, 4.69) is 12.2 Å². The third-order valence-electron chi connectivity index (χ3n) is 6.93. The Morgan fingerprint density at radius 3 is 2.32 bits per heavy atom. The quantitative estimate of drug-likeness (QED) is 0.726. The first-order valence-electron chi connectivity index (χ1n) is 10.3. The van der Waals surface area contributed by atoms with Crippen molar-refractivity contribution in [3.05, 3.63) is 30.1 Å². The van der Waals surface area contributed by atoms with Crippen LogP contribution < -0.4 is 10.1 Å². The summed E-state index contributed by atoms with van der Waals surface area (Å²) in [6.07, 6.45) is 7.70. The predicted molar refractivity (Wildman–Crippen MR) is 101 cm³/mol. The molecule has 1 amide bonds. The molecule has 1 aromatic carbocycles. The number of amides is 1. The summed E-state index contributed by atoms with van der Waals surface area (Å²) >= 11 is 0. The molecule has 0 heterocycles. The molecule has 1 N–H and O–H groups in total. The average molecular weight is 389 g/mol. The zero-order valence-electron chi connectivity index (χ0n) is 16.3. The van der Waals surface area contributed by atoms with Crippen molar-refractivity contribution in [3.63, 3.8) is 0 Å². The highest BCUT2D eigenvalue weighted by atomic mass is 19.1. The topological polar surface area (TPSA) is 64.6 Å². The molecule has 4 saturated carbocycles. The molecular weight excluding hydrogens is 361 g/mol. The van der Waals surface area contributed by atoms with Crippen LogP contribution in [0.15, 0.2) is 24.3 Å². The van der Waals surface area contributed by atoms with Gasteiger partial charge in [-0.1, -0.05) is 12.1 Å². The lowest BCUT2D eigenvalue weighted by atomic mass is 9.48. The Hall–Kier alpha value is -2.11. The Labute approximate surface area is 165 Å². The van der Waals surface area contributed by atoms with Gasteiger partial charge in [0.05, 0.1) is 0 Å². The van der Waals surface area contributed by atoms with Crippen LogP contribution in [0, 0.1) is 29.0 Å². The molecule has 5 nitrogen and oxygen atoms in total. The van der Waals surface area contributed by atoms with Crippen molar-refractivity contribution in [1.82, 2.24) is 5.32 Å². The molecule has 0 unspecified atom stereocenters. The van der Waals surface area contributed by atoms with E-state index in [1.807, 2.05) is 0 Å². The van der Waals surface area contributed by atoms with E-state index < -0.39 is 18.4 Å². The number of carbonyl (C=O) groups is 2. The number of hydrogen-bond donors (Lipinski definition) is 1. The van der Waals surface area contributed by atoms with E-state index in [4.69, 9.17) is 9.47 Å². The van der Waals surface area contributed by atoms with Crippen LogP contribution in [0.4, 0.5) is 4.39 Å². The SMILES string of the molecule is C[C@@H](NC(=O)COC(=O)COc1ccccc1F)C12CC3CC(CC(C3)C1)C2. The fourth-order valence-corrected chi connectivity index (χ4v) is 6.03. The first-order valence-corrected chi connectivity index (χ1v) is 10.3. The van der Waals surface area contributed by atoms with Crippen molar-refractivity contribution < 1.29 is 23.5 Å². The molecule has 0 aromatic heterocycles. The fourth-order valence-electron chi connectivity index (χ4n) is 6.03. The summed E-state index contributed by atoms with van der Waals surface area (Å²) in [6, 6.07) is 5.92. The first kappa shape index (κ1) is 19.2. The maximum atomic E-state index is 13.5. The maximum Gasteiger partial charge on any atom is 0.344 e. The Balaban J connectivity index is 1.22. The molecule has 1 atom stereocenters. The van der Waals surface area contributed by atoms with Gasteiger partial charge in [0.25, 0.3) is 5.91 Å². The van der Waals surface area contributed by atoms with Crippen LogP contribution in [0.3, 0.4) is 0 Å². The summed E-state index contributed by atoms with van der Waals surface area (Å²) < 4.78 is 23.5. The molecule has 0 spiro atoms. The van der Waals surface area contributed by atoms with Gasteiger partial charge in [-0.25, -0.2) is 9.18 Å². The van der Waals surface area contributed by atoms with Gasteiger partial charge in [-0.15, -0.1) is 0 Å². The third kappa shape index (κ3) is 4.01. The number of carbonyl (C=O) groups excluding carboxylic acids is 2. The third-order valence-corrected chi connectivity index (χ3v) is 6.93. The van der Waals surface area contributed by atoms with Gasteiger partial charge in [-0.3, -0.25) is 4.79 Å². The monoisotopic (exact) mass is 389 g/mol. The number of nitrogens with one attached hydrogen (secondary N) is 1. The molecule has 28 heavy (non-hydrogen) atoms. The summed E-state index contributed by atoms with van der Waals surface area (Å²) in [5.74, 6) is 0.914. The second-order valence-corrected chi connectivity index (χ2v) is 8.95. The summed E-state index contributed by atoms with van der Waals surface area (Å²) in [4.78, 5) is 24.1. The van der Waals surface area contributed by atoms with Crippen molar-refractivity contribution in [2.75, 3.05) is 13.2 Å². The molecule has 4 aliphatic carbocycles. The molecule has 0 saturated heterocycles. The Morgan fingerprint density at radius 2 is 1.71 bits per heavy atom. The number of benzene rings is 1.